The van der Waals surface area contributed by atoms with Crippen LogP contribution in [0, 0.1) is 5.92 Å². The minimum atomic E-state index is -0.319. The van der Waals surface area contributed by atoms with Crippen LogP contribution in [0.2, 0.25) is 0 Å². The van der Waals surface area contributed by atoms with Gasteiger partial charge >= 0.3 is 0 Å². The van der Waals surface area contributed by atoms with Gasteiger partial charge in [-0.15, -0.1) is 5.10 Å². The molecule has 2 N–H and O–H groups in total. The number of anilines is 3. The predicted molar refractivity (Wildman–Crippen MR) is 112 cm³/mol. The van der Waals surface area contributed by atoms with E-state index >= 15 is 0 Å². The standard InChI is InChI=1S/C21H26N6O2/c28-20-12-16(15-27(20)17-6-2-1-3-7-17)21(29)23-9-8-22-19-13-18(14-24-25-19)26-10-4-5-11-26/h1-3,6-7,13-14,16H,4-5,8-12,15H2,(H,22,25)(H,23,29). The molecule has 2 aromatic rings. The largest absolute Gasteiger partial charge is 0.370 e. The van der Waals surface area contributed by atoms with Crippen molar-refractivity contribution in [3.63, 3.8) is 0 Å². The van der Waals surface area contributed by atoms with E-state index in [4.69, 9.17) is 0 Å². The lowest BCUT2D eigenvalue weighted by Crippen LogP contribution is -2.35. The topological polar surface area (TPSA) is 90.5 Å². The summed E-state index contributed by atoms with van der Waals surface area (Å²) in [7, 11) is 0. The van der Waals surface area contributed by atoms with Gasteiger partial charge in [0.1, 0.15) is 0 Å². The second-order valence-corrected chi connectivity index (χ2v) is 7.45. The normalized spacial score (nSPS) is 18.9. The van der Waals surface area contributed by atoms with Crippen molar-refractivity contribution >= 4 is 29.0 Å². The first-order chi connectivity index (χ1) is 14.2. The first-order valence-corrected chi connectivity index (χ1v) is 10.2. The van der Waals surface area contributed by atoms with Crippen LogP contribution in [0.25, 0.3) is 0 Å². The molecule has 8 heteroatoms. The van der Waals surface area contributed by atoms with E-state index in [1.165, 1.54) is 12.8 Å². The van der Waals surface area contributed by atoms with Gasteiger partial charge in [0.2, 0.25) is 11.8 Å². The number of amides is 2. The van der Waals surface area contributed by atoms with Gasteiger partial charge in [-0.25, -0.2) is 0 Å². The van der Waals surface area contributed by atoms with Crippen LogP contribution in [0.4, 0.5) is 17.2 Å². The van der Waals surface area contributed by atoms with E-state index < -0.39 is 0 Å². The van der Waals surface area contributed by atoms with Crippen LogP contribution in [0.3, 0.4) is 0 Å². The Labute approximate surface area is 170 Å². The molecule has 8 nitrogen and oxygen atoms in total. The van der Waals surface area contributed by atoms with Crippen molar-refractivity contribution in [3.8, 4) is 0 Å². The fraction of sp³-hybridized carbons (Fsp3) is 0.429. The van der Waals surface area contributed by atoms with Gasteiger partial charge in [0.05, 0.1) is 17.8 Å². The highest BCUT2D eigenvalue weighted by Gasteiger charge is 2.34. The Kier molecular flexibility index (Phi) is 5.88. The van der Waals surface area contributed by atoms with Crippen molar-refractivity contribution in [2.24, 2.45) is 5.92 Å². The molecule has 2 amide bonds. The molecule has 3 heterocycles. The molecule has 1 aromatic carbocycles. The number of carbonyl (C=O) groups is 2. The second kappa shape index (κ2) is 8.89. The second-order valence-electron chi connectivity index (χ2n) is 7.45. The highest BCUT2D eigenvalue weighted by atomic mass is 16.2. The summed E-state index contributed by atoms with van der Waals surface area (Å²) in [6.45, 7) is 3.55. The van der Waals surface area contributed by atoms with E-state index in [-0.39, 0.29) is 24.2 Å². The third-order valence-corrected chi connectivity index (χ3v) is 5.41. The molecule has 2 aliphatic heterocycles. The van der Waals surface area contributed by atoms with Crippen molar-refractivity contribution in [3.05, 3.63) is 42.6 Å². The van der Waals surface area contributed by atoms with E-state index in [9.17, 15) is 9.59 Å². The molecule has 2 saturated heterocycles. The smallest absolute Gasteiger partial charge is 0.227 e. The number of benzene rings is 1. The summed E-state index contributed by atoms with van der Waals surface area (Å²) in [6.07, 6.45) is 4.45. The number of hydrogen-bond acceptors (Lipinski definition) is 6. The number of nitrogens with one attached hydrogen (secondary N) is 2. The number of rotatable bonds is 7. The van der Waals surface area contributed by atoms with Gasteiger partial charge in [0, 0.05) is 50.9 Å². The van der Waals surface area contributed by atoms with Crippen LogP contribution < -0.4 is 20.4 Å². The summed E-state index contributed by atoms with van der Waals surface area (Å²) in [5.41, 5.74) is 1.92. The van der Waals surface area contributed by atoms with E-state index in [0.717, 1.165) is 24.5 Å². The average Bonchev–Trinajstić information content (AvgIpc) is 3.42. The molecule has 0 aliphatic carbocycles. The molecule has 29 heavy (non-hydrogen) atoms. The van der Waals surface area contributed by atoms with Crippen LogP contribution in [0.15, 0.2) is 42.6 Å². The Morgan fingerprint density at radius 3 is 2.69 bits per heavy atom. The van der Waals surface area contributed by atoms with Gasteiger partial charge in [-0.1, -0.05) is 18.2 Å². The number of nitrogens with zero attached hydrogens (tertiary/aromatic N) is 4. The van der Waals surface area contributed by atoms with Crippen LogP contribution in [-0.2, 0) is 9.59 Å². The minimum Gasteiger partial charge on any atom is -0.370 e. The van der Waals surface area contributed by atoms with E-state index in [1.54, 1.807) is 11.1 Å². The zero-order chi connectivity index (χ0) is 20.1. The van der Waals surface area contributed by atoms with Crippen molar-refractivity contribution in [2.45, 2.75) is 19.3 Å². The zero-order valence-electron chi connectivity index (χ0n) is 16.4. The molecule has 1 atom stereocenters. The number of aromatic nitrogens is 2. The lowest BCUT2D eigenvalue weighted by atomic mass is 10.1. The lowest BCUT2D eigenvalue weighted by Gasteiger charge is -2.17. The average molecular weight is 394 g/mol. The van der Waals surface area contributed by atoms with Crippen LogP contribution in [-0.4, -0.2) is 54.7 Å². The first kappa shape index (κ1) is 19.2. The molecule has 152 valence electrons. The van der Waals surface area contributed by atoms with E-state index in [2.05, 4.69) is 25.7 Å². The molecule has 0 saturated carbocycles. The first-order valence-electron chi connectivity index (χ1n) is 10.2. The van der Waals surface area contributed by atoms with Crippen molar-refractivity contribution in [1.29, 1.82) is 0 Å². The SMILES string of the molecule is O=C(NCCNc1cc(N2CCCC2)cnn1)C1CC(=O)N(c2ccccc2)C1. The maximum Gasteiger partial charge on any atom is 0.227 e. The highest BCUT2D eigenvalue weighted by molar-refractivity contribution is 6.00. The van der Waals surface area contributed by atoms with Gasteiger partial charge < -0.3 is 20.4 Å². The summed E-state index contributed by atoms with van der Waals surface area (Å²) in [6, 6.07) is 11.5. The highest BCUT2D eigenvalue weighted by Crippen LogP contribution is 2.25. The summed E-state index contributed by atoms with van der Waals surface area (Å²) in [5.74, 6) is 0.287. The predicted octanol–water partition coefficient (Wildman–Crippen LogP) is 1.66. The third-order valence-electron chi connectivity index (χ3n) is 5.41. The maximum absolute atomic E-state index is 12.5. The molecule has 0 bridgehead atoms. The Morgan fingerprint density at radius 1 is 1.10 bits per heavy atom. The molecular formula is C21H26N6O2. The third kappa shape index (κ3) is 4.64. The molecule has 0 radical (unpaired) electrons. The quantitative estimate of drug-likeness (QED) is 0.694. The van der Waals surface area contributed by atoms with Gasteiger partial charge in [-0.05, 0) is 25.0 Å². The molecular weight excluding hydrogens is 368 g/mol. The fourth-order valence-electron chi connectivity index (χ4n) is 3.85. The number of carbonyl (C=O) groups excluding carboxylic acids is 2. The lowest BCUT2D eigenvalue weighted by molar-refractivity contribution is -0.126. The molecule has 2 fully saturated rings. The van der Waals surface area contributed by atoms with Gasteiger partial charge in [-0.2, -0.15) is 5.10 Å². The summed E-state index contributed by atoms with van der Waals surface area (Å²) in [5, 5.41) is 14.3. The fourth-order valence-corrected chi connectivity index (χ4v) is 3.85. The Bertz CT molecular complexity index is 853. The molecule has 2 aliphatic rings. The van der Waals surface area contributed by atoms with Crippen molar-refractivity contribution in [1.82, 2.24) is 15.5 Å². The van der Waals surface area contributed by atoms with Crippen LogP contribution in [0.1, 0.15) is 19.3 Å². The minimum absolute atomic E-state index is 0.0107. The molecule has 1 aromatic heterocycles. The van der Waals surface area contributed by atoms with Crippen molar-refractivity contribution < 1.29 is 9.59 Å². The summed E-state index contributed by atoms with van der Waals surface area (Å²) < 4.78 is 0. The maximum atomic E-state index is 12.5. The Morgan fingerprint density at radius 2 is 1.90 bits per heavy atom. The molecule has 4 rings (SSSR count). The molecule has 1 unspecified atom stereocenters. The van der Waals surface area contributed by atoms with Crippen LogP contribution >= 0.6 is 0 Å². The number of hydrogen-bond donors (Lipinski definition) is 2. The summed E-state index contributed by atoms with van der Waals surface area (Å²) in [4.78, 5) is 28.7. The van der Waals surface area contributed by atoms with Gasteiger partial charge in [0.15, 0.2) is 5.82 Å². The monoisotopic (exact) mass is 394 g/mol. The van der Waals surface area contributed by atoms with Crippen molar-refractivity contribution in [2.75, 3.05) is 47.8 Å². The Balaban J connectivity index is 1.22. The van der Waals surface area contributed by atoms with E-state index in [1.807, 2.05) is 36.4 Å². The zero-order valence-corrected chi connectivity index (χ0v) is 16.4. The summed E-state index contributed by atoms with van der Waals surface area (Å²) >= 11 is 0. The van der Waals surface area contributed by atoms with Crippen LogP contribution in [0.5, 0.6) is 0 Å². The Hall–Kier alpha value is -3.16. The molecule has 0 spiro atoms. The number of para-hydroxylation sites is 1. The van der Waals surface area contributed by atoms with Gasteiger partial charge in [0.25, 0.3) is 0 Å². The van der Waals surface area contributed by atoms with E-state index in [0.29, 0.717) is 25.5 Å². The van der Waals surface area contributed by atoms with Gasteiger partial charge in [-0.3, -0.25) is 9.59 Å².